The average molecular weight is 468 g/mol. The van der Waals surface area contributed by atoms with Crippen LogP contribution in [0.15, 0.2) is 97.4 Å². The number of nitrogens with zero attached hydrogens (tertiary/aromatic N) is 1. The van der Waals surface area contributed by atoms with Gasteiger partial charge in [0.15, 0.2) is 6.73 Å². The maximum Gasteiger partial charge on any atom is 0.233 e. The van der Waals surface area contributed by atoms with E-state index in [0.29, 0.717) is 25.9 Å². The highest BCUT2D eigenvalue weighted by Crippen LogP contribution is 2.29. The molecule has 1 aliphatic rings. The second-order valence-electron chi connectivity index (χ2n) is 9.07. The lowest BCUT2D eigenvalue weighted by Gasteiger charge is -2.25. The predicted octanol–water partition coefficient (Wildman–Crippen LogP) is 6.52. The molecule has 3 aromatic rings. The molecule has 0 saturated carbocycles. The lowest BCUT2D eigenvalue weighted by molar-refractivity contribution is -0.135. The first-order valence-electron chi connectivity index (χ1n) is 12.1. The fourth-order valence-electron chi connectivity index (χ4n) is 4.54. The van der Waals surface area contributed by atoms with Gasteiger partial charge in [0.25, 0.3) is 0 Å². The van der Waals surface area contributed by atoms with E-state index in [4.69, 9.17) is 9.47 Å². The molecule has 4 rings (SSSR count). The molecule has 0 aromatic heterocycles. The summed E-state index contributed by atoms with van der Waals surface area (Å²) in [6, 6.07) is 24.4. The molecule has 35 heavy (non-hydrogen) atoms. The van der Waals surface area contributed by atoms with E-state index in [-0.39, 0.29) is 18.6 Å². The van der Waals surface area contributed by atoms with Crippen LogP contribution in [-0.4, -0.2) is 17.5 Å². The zero-order valence-electron chi connectivity index (χ0n) is 20.6. The summed E-state index contributed by atoms with van der Waals surface area (Å²) in [5, 5.41) is 0. The van der Waals surface area contributed by atoms with Crippen LogP contribution in [0.3, 0.4) is 0 Å². The predicted molar refractivity (Wildman–Crippen MR) is 140 cm³/mol. The van der Waals surface area contributed by atoms with Crippen molar-refractivity contribution in [2.24, 2.45) is 5.92 Å². The number of hydrogen-bond acceptors (Lipinski definition) is 3. The molecule has 1 atom stereocenters. The summed E-state index contributed by atoms with van der Waals surface area (Å²) in [5.41, 5.74) is 6.63. The van der Waals surface area contributed by atoms with Gasteiger partial charge in [-0.2, -0.15) is 0 Å². The van der Waals surface area contributed by atoms with Gasteiger partial charge < -0.3 is 9.47 Å². The summed E-state index contributed by atoms with van der Waals surface area (Å²) >= 11 is 0. The summed E-state index contributed by atoms with van der Waals surface area (Å²) in [6.45, 7) is 8.89. The molecule has 180 valence electrons. The van der Waals surface area contributed by atoms with E-state index in [1.165, 1.54) is 5.56 Å². The number of aryl methyl sites for hydroxylation is 2. The minimum Gasteiger partial charge on any atom is -0.489 e. The van der Waals surface area contributed by atoms with Crippen molar-refractivity contribution in [3.63, 3.8) is 0 Å². The Kier molecular flexibility index (Phi) is 8.04. The first-order valence-corrected chi connectivity index (χ1v) is 12.1. The topological polar surface area (TPSA) is 38.8 Å². The molecule has 0 radical (unpaired) electrons. The van der Waals surface area contributed by atoms with Crippen molar-refractivity contribution in [3.05, 3.63) is 125 Å². The van der Waals surface area contributed by atoms with Gasteiger partial charge >= 0.3 is 0 Å². The van der Waals surface area contributed by atoms with E-state index in [9.17, 15) is 4.79 Å². The minimum atomic E-state index is -0.207. The first kappa shape index (κ1) is 24.3. The van der Waals surface area contributed by atoms with Crippen molar-refractivity contribution in [1.82, 2.24) is 4.90 Å². The fourth-order valence-corrected chi connectivity index (χ4v) is 4.54. The molecule has 0 unspecified atom stereocenters. The van der Waals surface area contributed by atoms with Gasteiger partial charge in [0.1, 0.15) is 18.6 Å². The molecular formula is C31H33NO3. The summed E-state index contributed by atoms with van der Waals surface area (Å²) in [4.78, 5) is 15.4. The van der Waals surface area contributed by atoms with E-state index in [1.807, 2.05) is 42.5 Å². The fraction of sp³-hybridized carbons (Fsp3) is 0.258. The molecule has 4 nitrogen and oxygen atoms in total. The van der Waals surface area contributed by atoms with Gasteiger partial charge in [0.05, 0.1) is 5.70 Å². The van der Waals surface area contributed by atoms with Gasteiger partial charge in [-0.15, -0.1) is 6.58 Å². The van der Waals surface area contributed by atoms with E-state index in [2.05, 4.69) is 56.8 Å². The molecule has 4 heteroatoms. The van der Waals surface area contributed by atoms with Crippen LogP contribution in [-0.2, 0) is 29.0 Å². The Morgan fingerprint density at radius 3 is 2.29 bits per heavy atom. The smallest absolute Gasteiger partial charge is 0.233 e. The van der Waals surface area contributed by atoms with Crippen molar-refractivity contribution in [2.45, 2.75) is 39.7 Å². The second kappa shape index (κ2) is 11.6. The molecule has 0 bridgehead atoms. The van der Waals surface area contributed by atoms with Crippen LogP contribution in [0.25, 0.3) is 0 Å². The number of rotatable bonds is 10. The molecule has 0 aliphatic carbocycles. The van der Waals surface area contributed by atoms with Gasteiger partial charge in [0.2, 0.25) is 5.91 Å². The Labute approximate surface area is 208 Å². The van der Waals surface area contributed by atoms with Gasteiger partial charge in [-0.3, -0.25) is 9.69 Å². The molecule has 1 aliphatic heterocycles. The number of hydrogen-bond donors (Lipinski definition) is 0. The second-order valence-corrected chi connectivity index (χ2v) is 9.07. The van der Waals surface area contributed by atoms with Crippen molar-refractivity contribution < 1.29 is 14.3 Å². The maximum absolute atomic E-state index is 13.6. The largest absolute Gasteiger partial charge is 0.489 e. The molecule has 3 aromatic carbocycles. The monoisotopic (exact) mass is 467 g/mol. The van der Waals surface area contributed by atoms with Gasteiger partial charge in [-0.05, 0) is 66.6 Å². The van der Waals surface area contributed by atoms with Crippen LogP contribution in [0.4, 0.5) is 0 Å². The highest BCUT2D eigenvalue weighted by molar-refractivity contribution is 5.81. The number of carbonyl (C=O) groups excluding carboxylic acids is 1. The Morgan fingerprint density at radius 2 is 1.66 bits per heavy atom. The Balaban J connectivity index is 1.47. The molecular weight excluding hydrogens is 434 g/mol. The molecule has 0 spiro atoms. The third-order valence-corrected chi connectivity index (χ3v) is 6.43. The third-order valence-electron chi connectivity index (χ3n) is 6.43. The highest BCUT2D eigenvalue weighted by atomic mass is 16.5. The summed E-state index contributed by atoms with van der Waals surface area (Å²) in [7, 11) is 0. The summed E-state index contributed by atoms with van der Waals surface area (Å²) < 4.78 is 11.6. The highest BCUT2D eigenvalue weighted by Gasteiger charge is 2.30. The number of carbonyl (C=O) groups is 1. The molecule has 1 amide bonds. The Hall–Kier alpha value is -3.79. The van der Waals surface area contributed by atoms with Crippen LogP contribution in [0, 0.1) is 19.8 Å². The number of ether oxygens (including phenoxy) is 2. The van der Waals surface area contributed by atoms with Gasteiger partial charge in [0, 0.05) is 12.3 Å². The summed E-state index contributed by atoms with van der Waals surface area (Å²) in [5.74, 6) is 0.717. The molecule has 0 saturated heterocycles. The minimum absolute atomic E-state index is 0.0767. The van der Waals surface area contributed by atoms with Crippen LogP contribution < -0.4 is 4.74 Å². The third kappa shape index (κ3) is 6.21. The van der Waals surface area contributed by atoms with Crippen LogP contribution in [0.2, 0.25) is 0 Å². The van der Waals surface area contributed by atoms with Crippen LogP contribution >= 0.6 is 0 Å². The lowest BCUT2D eigenvalue weighted by atomic mass is 9.89. The molecule has 0 N–H and O–H groups in total. The van der Waals surface area contributed by atoms with Crippen molar-refractivity contribution in [3.8, 4) is 5.75 Å². The quantitative estimate of drug-likeness (QED) is 0.319. The number of amides is 1. The zero-order valence-corrected chi connectivity index (χ0v) is 20.6. The average Bonchev–Trinajstić information content (AvgIpc) is 3.33. The maximum atomic E-state index is 13.6. The lowest BCUT2D eigenvalue weighted by Crippen LogP contribution is -2.35. The number of benzene rings is 3. The normalized spacial score (nSPS) is 13.7. The molecule has 1 heterocycles. The van der Waals surface area contributed by atoms with Crippen molar-refractivity contribution in [2.75, 3.05) is 6.73 Å². The van der Waals surface area contributed by atoms with Crippen LogP contribution in [0.5, 0.6) is 5.75 Å². The number of allylic oxidation sites excluding steroid dienone is 2. The van der Waals surface area contributed by atoms with Gasteiger partial charge in [-0.25, -0.2) is 0 Å². The van der Waals surface area contributed by atoms with E-state index in [1.54, 1.807) is 11.2 Å². The van der Waals surface area contributed by atoms with E-state index in [0.717, 1.165) is 33.7 Å². The van der Waals surface area contributed by atoms with E-state index >= 15 is 0 Å². The first-order chi connectivity index (χ1) is 17.0. The summed E-state index contributed by atoms with van der Waals surface area (Å²) in [6.07, 6.45) is 5.47. The standard InChI is InChI=1S/C31H33NO3/c1-4-11-27(31(33)32-22-34-21-28(32)18-25-12-7-5-8-13-25)19-30-23(2)16-29(17-24(30)3)35-20-26-14-9-6-10-15-26/h4-10,12-17,21,27H,1,11,18-20,22H2,2-3H3/t27-/m1/s1. The van der Waals surface area contributed by atoms with E-state index < -0.39 is 0 Å². The van der Waals surface area contributed by atoms with Crippen molar-refractivity contribution in [1.29, 1.82) is 0 Å². The van der Waals surface area contributed by atoms with Gasteiger partial charge in [-0.1, -0.05) is 66.7 Å². The Bertz CT molecular complexity index is 1160. The zero-order chi connectivity index (χ0) is 24.6. The molecule has 0 fully saturated rings. The Morgan fingerprint density at radius 1 is 1.03 bits per heavy atom. The SMILES string of the molecule is C=CC[C@H](Cc1c(C)cc(OCc2ccccc2)cc1C)C(=O)N1COC=C1Cc1ccccc1. The van der Waals surface area contributed by atoms with Crippen LogP contribution in [0.1, 0.15) is 34.2 Å². The van der Waals surface area contributed by atoms with Crippen molar-refractivity contribution >= 4 is 5.91 Å².